The van der Waals surface area contributed by atoms with Crippen molar-refractivity contribution < 1.29 is 9.47 Å². The summed E-state index contributed by atoms with van der Waals surface area (Å²) >= 11 is 0. The highest BCUT2D eigenvalue weighted by Crippen LogP contribution is 2.42. The van der Waals surface area contributed by atoms with Crippen molar-refractivity contribution in [2.45, 2.75) is 19.5 Å². The molecule has 0 spiro atoms. The lowest BCUT2D eigenvalue weighted by atomic mass is 10.1. The minimum absolute atomic E-state index is 0.406. The Bertz CT molecular complexity index is 675. The first-order valence-electron chi connectivity index (χ1n) is 7.64. The van der Waals surface area contributed by atoms with Gasteiger partial charge in [-0.15, -0.1) is 0 Å². The van der Waals surface area contributed by atoms with Crippen LogP contribution in [0.5, 0.6) is 11.5 Å². The maximum atomic E-state index is 5.73. The monoisotopic (exact) mass is 297 g/mol. The first-order chi connectivity index (χ1) is 10.8. The predicted molar refractivity (Wildman–Crippen MR) is 85.8 cm³/mol. The Morgan fingerprint density at radius 2 is 1.91 bits per heavy atom. The van der Waals surface area contributed by atoms with Crippen LogP contribution in [-0.2, 0) is 6.54 Å². The van der Waals surface area contributed by atoms with Gasteiger partial charge in [0.25, 0.3) is 0 Å². The van der Waals surface area contributed by atoms with Gasteiger partial charge in [-0.3, -0.25) is 4.98 Å². The van der Waals surface area contributed by atoms with Crippen LogP contribution in [0.15, 0.2) is 36.7 Å². The third-order valence-electron chi connectivity index (χ3n) is 4.19. The maximum absolute atomic E-state index is 5.73. The van der Waals surface area contributed by atoms with Gasteiger partial charge >= 0.3 is 0 Å². The predicted octanol–water partition coefficient (Wildman–Crippen LogP) is 2.67. The number of benzene rings is 1. The number of nitrogens with one attached hydrogen (secondary N) is 1. The lowest BCUT2D eigenvalue weighted by Gasteiger charge is -2.38. The number of fused-ring (bicyclic) bond motifs is 2. The van der Waals surface area contributed by atoms with Crippen LogP contribution in [0, 0.1) is 0 Å². The number of anilines is 2. The molecule has 0 aliphatic carbocycles. The fourth-order valence-corrected chi connectivity index (χ4v) is 2.99. The van der Waals surface area contributed by atoms with Crippen LogP contribution in [0.3, 0.4) is 0 Å². The molecule has 5 nitrogen and oxygen atoms in total. The van der Waals surface area contributed by atoms with Crippen LogP contribution >= 0.6 is 0 Å². The Morgan fingerprint density at radius 1 is 1.18 bits per heavy atom. The summed E-state index contributed by atoms with van der Waals surface area (Å²) in [5.74, 6) is 1.66. The molecule has 0 fully saturated rings. The molecule has 0 bridgehead atoms. The second-order valence-electron chi connectivity index (χ2n) is 5.73. The lowest BCUT2D eigenvalue weighted by Crippen LogP contribution is -2.41. The van der Waals surface area contributed by atoms with Gasteiger partial charge in [0, 0.05) is 43.7 Å². The van der Waals surface area contributed by atoms with Crippen LogP contribution < -0.4 is 19.7 Å². The van der Waals surface area contributed by atoms with E-state index in [4.69, 9.17) is 9.47 Å². The summed E-state index contributed by atoms with van der Waals surface area (Å²) < 4.78 is 11.4. The molecular weight excluding hydrogens is 278 g/mol. The summed E-state index contributed by atoms with van der Waals surface area (Å²) in [6, 6.07) is 8.67. The van der Waals surface area contributed by atoms with Crippen molar-refractivity contribution in [3.63, 3.8) is 0 Å². The van der Waals surface area contributed by atoms with E-state index in [0.29, 0.717) is 19.3 Å². The van der Waals surface area contributed by atoms with Gasteiger partial charge in [-0.25, -0.2) is 0 Å². The van der Waals surface area contributed by atoms with Crippen molar-refractivity contribution in [2.24, 2.45) is 0 Å². The molecule has 0 amide bonds. The Kier molecular flexibility index (Phi) is 3.25. The molecule has 5 heteroatoms. The molecule has 1 aromatic carbocycles. The normalized spacial score (nSPS) is 19.3. The fourth-order valence-electron chi connectivity index (χ4n) is 2.99. The van der Waals surface area contributed by atoms with E-state index in [1.54, 1.807) is 0 Å². The van der Waals surface area contributed by atoms with Crippen molar-refractivity contribution in [2.75, 3.05) is 30.0 Å². The van der Waals surface area contributed by atoms with E-state index in [9.17, 15) is 0 Å². The standard InChI is InChI=1S/C17H19N3O2/c1-12-10-19-14-8-16-17(22-7-6-21-16)9-15(14)20(12)11-13-2-4-18-5-3-13/h2-5,8-9,12,19H,6-7,10-11H2,1H3. The molecule has 0 radical (unpaired) electrons. The first kappa shape index (κ1) is 13.2. The van der Waals surface area contributed by atoms with Gasteiger partial charge in [0.05, 0.1) is 11.4 Å². The number of aromatic nitrogens is 1. The Balaban J connectivity index is 1.71. The summed E-state index contributed by atoms with van der Waals surface area (Å²) in [5, 5.41) is 3.49. The Labute approximate surface area is 129 Å². The van der Waals surface area contributed by atoms with Crippen molar-refractivity contribution in [1.82, 2.24) is 4.98 Å². The molecule has 22 heavy (non-hydrogen) atoms. The number of hydrogen-bond acceptors (Lipinski definition) is 5. The van der Waals surface area contributed by atoms with E-state index in [1.165, 1.54) is 11.3 Å². The second kappa shape index (κ2) is 5.40. The zero-order chi connectivity index (χ0) is 14.9. The van der Waals surface area contributed by atoms with Crippen LogP contribution in [-0.4, -0.2) is 30.8 Å². The van der Waals surface area contributed by atoms with Gasteiger partial charge in [-0.2, -0.15) is 0 Å². The fraction of sp³-hybridized carbons (Fsp3) is 0.353. The van der Waals surface area contributed by atoms with E-state index in [0.717, 1.165) is 30.3 Å². The molecule has 3 heterocycles. The van der Waals surface area contributed by atoms with Gasteiger partial charge in [-0.1, -0.05) is 0 Å². The van der Waals surface area contributed by atoms with Gasteiger partial charge in [0.15, 0.2) is 11.5 Å². The zero-order valence-electron chi connectivity index (χ0n) is 12.6. The lowest BCUT2D eigenvalue weighted by molar-refractivity contribution is 0.171. The van der Waals surface area contributed by atoms with Gasteiger partial charge < -0.3 is 19.7 Å². The third kappa shape index (κ3) is 2.32. The number of ether oxygens (including phenoxy) is 2. The SMILES string of the molecule is CC1CNc2cc3c(cc2N1Cc1ccncc1)OCCO3. The van der Waals surface area contributed by atoms with E-state index in [1.807, 2.05) is 12.4 Å². The molecule has 0 saturated carbocycles. The number of nitrogens with zero attached hydrogens (tertiary/aromatic N) is 2. The molecule has 114 valence electrons. The zero-order valence-corrected chi connectivity index (χ0v) is 12.6. The van der Waals surface area contributed by atoms with Crippen molar-refractivity contribution in [1.29, 1.82) is 0 Å². The number of rotatable bonds is 2. The first-order valence-corrected chi connectivity index (χ1v) is 7.64. The molecule has 2 aliphatic heterocycles. The molecule has 2 aromatic rings. The number of hydrogen-bond donors (Lipinski definition) is 1. The quantitative estimate of drug-likeness (QED) is 0.923. The average Bonchev–Trinajstić information content (AvgIpc) is 2.57. The largest absolute Gasteiger partial charge is 0.486 e. The van der Waals surface area contributed by atoms with Crippen LogP contribution in [0.1, 0.15) is 12.5 Å². The molecule has 4 rings (SSSR count). The van der Waals surface area contributed by atoms with Crippen LogP contribution in [0.2, 0.25) is 0 Å². The number of pyridine rings is 1. The highest BCUT2D eigenvalue weighted by atomic mass is 16.6. The average molecular weight is 297 g/mol. The molecule has 2 aliphatic rings. The summed E-state index contributed by atoms with van der Waals surface area (Å²) in [7, 11) is 0. The van der Waals surface area contributed by atoms with Crippen LogP contribution in [0.4, 0.5) is 11.4 Å². The van der Waals surface area contributed by atoms with Gasteiger partial charge in [0.1, 0.15) is 13.2 Å². The summed E-state index contributed by atoms with van der Waals surface area (Å²) in [4.78, 5) is 6.49. The van der Waals surface area contributed by atoms with Gasteiger partial charge in [0.2, 0.25) is 0 Å². The maximum Gasteiger partial charge on any atom is 0.163 e. The minimum Gasteiger partial charge on any atom is -0.486 e. The topological polar surface area (TPSA) is 46.6 Å². The summed E-state index contributed by atoms with van der Waals surface area (Å²) in [6.45, 7) is 5.23. The molecule has 1 aromatic heterocycles. The minimum atomic E-state index is 0.406. The Morgan fingerprint density at radius 3 is 2.68 bits per heavy atom. The molecule has 0 saturated heterocycles. The van der Waals surface area contributed by atoms with Gasteiger partial charge in [-0.05, 0) is 24.6 Å². The molecule has 1 unspecified atom stereocenters. The Hall–Kier alpha value is -2.43. The highest BCUT2D eigenvalue weighted by Gasteiger charge is 2.26. The van der Waals surface area contributed by atoms with Crippen molar-refractivity contribution >= 4 is 11.4 Å². The molecule has 1 N–H and O–H groups in total. The second-order valence-corrected chi connectivity index (χ2v) is 5.73. The van der Waals surface area contributed by atoms with E-state index >= 15 is 0 Å². The van der Waals surface area contributed by atoms with Crippen LogP contribution in [0.25, 0.3) is 0 Å². The summed E-state index contributed by atoms with van der Waals surface area (Å²) in [5.41, 5.74) is 3.53. The highest BCUT2D eigenvalue weighted by molar-refractivity contribution is 5.77. The van der Waals surface area contributed by atoms with Crippen molar-refractivity contribution in [3.05, 3.63) is 42.2 Å². The summed E-state index contributed by atoms with van der Waals surface area (Å²) in [6.07, 6.45) is 3.68. The molecule has 1 atom stereocenters. The third-order valence-corrected chi connectivity index (χ3v) is 4.19. The smallest absolute Gasteiger partial charge is 0.163 e. The van der Waals surface area contributed by atoms with E-state index in [-0.39, 0.29) is 0 Å². The van der Waals surface area contributed by atoms with E-state index < -0.39 is 0 Å². The molecular formula is C17H19N3O2. The van der Waals surface area contributed by atoms with E-state index in [2.05, 4.69) is 46.4 Å². The van der Waals surface area contributed by atoms with Crippen molar-refractivity contribution in [3.8, 4) is 11.5 Å².